The number of benzene rings is 1. The molecular formula is C14H21N3O. The number of carbonyl (C=O) groups excluding carboxylic acids is 1. The number of nitrogens with zero attached hydrogens (tertiary/aromatic N) is 1. The summed E-state index contributed by atoms with van der Waals surface area (Å²) in [6.45, 7) is 3.93. The number of nitrogens with two attached hydrogens (primary N) is 2. The molecular weight excluding hydrogens is 226 g/mol. The second-order valence-corrected chi connectivity index (χ2v) is 5.11. The van der Waals surface area contributed by atoms with E-state index < -0.39 is 0 Å². The largest absolute Gasteiger partial charge is 0.397 e. The van der Waals surface area contributed by atoms with E-state index in [0.29, 0.717) is 12.3 Å². The number of carbonyl (C=O) groups is 1. The molecule has 4 heteroatoms. The molecule has 0 aromatic heterocycles. The van der Waals surface area contributed by atoms with Crippen molar-refractivity contribution in [1.82, 2.24) is 0 Å². The summed E-state index contributed by atoms with van der Waals surface area (Å²) in [5.41, 5.74) is 14.5. The fourth-order valence-electron chi connectivity index (χ4n) is 2.60. The van der Waals surface area contributed by atoms with Gasteiger partial charge in [0.05, 0.1) is 11.4 Å². The second kappa shape index (κ2) is 5.29. The Morgan fingerprint density at radius 3 is 2.67 bits per heavy atom. The van der Waals surface area contributed by atoms with Crippen LogP contribution in [0, 0.1) is 12.8 Å². The lowest BCUT2D eigenvalue weighted by molar-refractivity contribution is -0.119. The Morgan fingerprint density at radius 2 is 2.06 bits per heavy atom. The monoisotopic (exact) mass is 247 g/mol. The highest BCUT2D eigenvalue weighted by Crippen LogP contribution is 2.30. The Bertz CT molecular complexity index is 437. The van der Waals surface area contributed by atoms with Crippen molar-refractivity contribution in [2.24, 2.45) is 11.7 Å². The van der Waals surface area contributed by atoms with Crippen LogP contribution in [0.5, 0.6) is 0 Å². The van der Waals surface area contributed by atoms with Crippen molar-refractivity contribution in [2.45, 2.75) is 26.2 Å². The van der Waals surface area contributed by atoms with Crippen LogP contribution >= 0.6 is 0 Å². The molecule has 1 saturated heterocycles. The number of para-hydroxylation sites is 1. The van der Waals surface area contributed by atoms with Gasteiger partial charge in [0.15, 0.2) is 0 Å². The van der Waals surface area contributed by atoms with Gasteiger partial charge in [-0.1, -0.05) is 12.1 Å². The van der Waals surface area contributed by atoms with Gasteiger partial charge >= 0.3 is 0 Å². The van der Waals surface area contributed by atoms with Gasteiger partial charge in [0, 0.05) is 19.5 Å². The quantitative estimate of drug-likeness (QED) is 0.798. The summed E-state index contributed by atoms with van der Waals surface area (Å²) in [6, 6.07) is 6.13. The molecule has 0 unspecified atom stereocenters. The van der Waals surface area contributed by atoms with Crippen LogP contribution in [-0.4, -0.2) is 19.0 Å². The predicted molar refractivity (Wildman–Crippen MR) is 74.3 cm³/mol. The number of rotatable bonds is 3. The average Bonchev–Trinajstić information content (AvgIpc) is 2.33. The van der Waals surface area contributed by atoms with Crippen LogP contribution in [0.4, 0.5) is 11.4 Å². The summed E-state index contributed by atoms with van der Waals surface area (Å²) in [5.74, 6) is 0.244. The number of aryl methyl sites for hydroxylation is 1. The van der Waals surface area contributed by atoms with Gasteiger partial charge in [-0.3, -0.25) is 4.79 Å². The molecule has 2 rings (SSSR count). The lowest BCUT2D eigenvalue weighted by Crippen LogP contribution is -2.35. The molecule has 0 spiro atoms. The SMILES string of the molecule is Cc1cccc(N2CCC(CC(N)=O)CC2)c1N. The predicted octanol–water partition coefficient (Wildman–Crippen LogP) is 1.67. The molecule has 0 atom stereocenters. The molecule has 1 aromatic rings. The number of amides is 1. The summed E-state index contributed by atoms with van der Waals surface area (Å²) >= 11 is 0. The topological polar surface area (TPSA) is 72.3 Å². The van der Waals surface area contributed by atoms with Gasteiger partial charge < -0.3 is 16.4 Å². The van der Waals surface area contributed by atoms with E-state index in [1.165, 1.54) is 0 Å². The maximum absolute atomic E-state index is 10.9. The zero-order valence-electron chi connectivity index (χ0n) is 10.9. The van der Waals surface area contributed by atoms with Gasteiger partial charge in [0.25, 0.3) is 0 Å². The summed E-state index contributed by atoms with van der Waals surface area (Å²) in [5, 5.41) is 0. The third-order valence-corrected chi connectivity index (χ3v) is 3.75. The summed E-state index contributed by atoms with van der Waals surface area (Å²) < 4.78 is 0. The Morgan fingerprint density at radius 1 is 1.39 bits per heavy atom. The van der Waals surface area contributed by atoms with Gasteiger partial charge in [-0.05, 0) is 37.3 Å². The van der Waals surface area contributed by atoms with E-state index in [2.05, 4.69) is 11.0 Å². The normalized spacial score (nSPS) is 16.8. The Hall–Kier alpha value is -1.71. The molecule has 1 aliphatic rings. The lowest BCUT2D eigenvalue weighted by atomic mass is 9.93. The van der Waals surface area contributed by atoms with Crippen LogP contribution in [0.3, 0.4) is 0 Å². The molecule has 0 saturated carbocycles. The van der Waals surface area contributed by atoms with Crippen molar-refractivity contribution < 1.29 is 4.79 Å². The van der Waals surface area contributed by atoms with E-state index in [1.54, 1.807) is 0 Å². The van der Waals surface area contributed by atoms with Gasteiger partial charge in [-0.2, -0.15) is 0 Å². The summed E-state index contributed by atoms with van der Waals surface area (Å²) in [4.78, 5) is 13.2. The first-order chi connectivity index (χ1) is 8.58. The molecule has 0 bridgehead atoms. The van der Waals surface area contributed by atoms with E-state index in [1.807, 2.05) is 19.1 Å². The van der Waals surface area contributed by atoms with Gasteiger partial charge in [0.2, 0.25) is 5.91 Å². The average molecular weight is 247 g/mol. The molecule has 0 aliphatic carbocycles. The first kappa shape index (κ1) is 12.7. The van der Waals surface area contributed by atoms with Crippen LogP contribution in [0.25, 0.3) is 0 Å². The van der Waals surface area contributed by atoms with Gasteiger partial charge in [-0.15, -0.1) is 0 Å². The Kier molecular flexibility index (Phi) is 3.75. The molecule has 1 aliphatic heterocycles. The highest BCUT2D eigenvalue weighted by molar-refractivity contribution is 5.74. The minimum Gasteiger partial charge on any atom is -0.397 e. The minimum absolute atomic E-state index is 0.191. The minimum atomic E-state index is -0.191. The van der Waals surface area contributed by atoms with Gasteiger partial charge in [-0.25, -0.2) is 0 Å². The molecule has 1 aromatic carbocycles. The zero-order chi connectivity index (χ0) is 13.1. The van der Waals surface area contributed by atoms with Gasteiger partial charge in [0.1, 0.15) is 0 Å². The smallest absolute Gasteiger partial charge is 0.217 e. The van der Waals surface area contributed by atoms with Crippen molar-refractivity contribution in [3.05, 3.63) is 23.8 Å². The molecule has 18 heavy (non-hydrogen) atoms. The summed E-state index contributed by atoms with van der Waals surface area (Å²) in [6.07, 6.45) is 2.53. The molecule has 1 heterocycles. The van der Waals surface area contributed by atoms with Crippen molar-refractivity contribution in [1.29, 1.82) is 0 Å². The van der Waals surface area contributed by atoms with E-state index in [0.717, 1.165) is 42.9 Å². The van der Waals surface area contributed by atoms with Crippen LogP contribution in [0.2, 0.25) is 0 Å². The highest BCUT2D eigenvalue weighted by atomic mass is 16.1. The second-order valence-electron chi connectivity index (χ2n) is 5.11. The molecule has 98 valence electrons. The fraction of sp³-hybridized carbons (Fsp3) is 0.500. The fourth-order valence-corrected chi connectivity index (χ4v) is 2.60. The van der Waals surface area contributed by atoms with E-state index in [-0.39, 0.29) is 5.91 Å². The molecule has 4 N–H and O–H groups in total. The van der Waals surface area contributed by atoms with Crippen molar-refractivity contribution in [3.8, 4) is 0 Å². The summed E-state index contributed by atoms with van der Waals surface area (Å²) in [7, 11) is 0. The number of anilines is 2. The maximum atomic E-state index is 10.9. The molecule has 1 amide bonds. The Balaban J connectivity index is 2.01. The number of nitrogen functional groups attached to an aromatic ring is 1. The number of hydrogen-bond donors (Lipinski definition) is 2. The third-order valence-electron chi connectivity index (χ3n) is 3.75. The van der Waals surface area contributed by atoms with E-state index in [9.17, 15) is 4.79 Å². The highest BCUT2D eigenvalue weighted by Gasteiger charge is 2.22. The Labute approximate surface area is 108 Å². The van der Waals surface area contributed by atoms with Crippen LogP contribution in [-0.2, 0) is 4.79 Å². The van der Waals surface area contributed by atoms with Crippen LogP contribution < -0.4 is 16.4 Å². The molecule has 0 radical (unpaired) electrons. The number of primary amides is 1. The van der Waals surface area contributed by atoms with Crippen molar-refractivity contribution in [3.63, 3.8) is 0 Å². The first-order valence-electron chi connectivity index (χ1n) is 6.46. The first-order valence-corrected chi connectivity index (χ1v) is 6.46. The molecule has 4 nitrogen and oxygen atoms in total. The van der Waals surface area contributed by atoms with Crippen molar-refractivity contribution in [2.75, 3.05) is 23.7 Å². The number of hydrogen-bond acceptors (Lipinski definition) is 3. The number of piperidine rings is 1. The van der Waals surface area contributed by atoms with Crippen LogP contribution in [0.15, 0.2) is 18.2 Å². The molecule has 1 fully saturated rings. The standard InChI is InChI=1S/C14H21N3O/c1-10-3-2-4-12(14(10)16)17-7-5-11(6-8-17)9-13(15)18/h2-4,11H,5-9,16H2,1H3,(H2,15,18). The maximum Gasteiger partial charge on any atom is 0.217 e. The van der Waals surface area contributed by atoms with E-state index >= 15 is 0 Å². The lowest BCUT2D eigenvalue weighted by Gasteiger charge is -2.34. The zero-order valence-corrected chi connectivity index (χ0v) is 10.9. The van der Waals surface area contributed by atoms with E-state index in [4.69, 9.17) is 11.5 Å². The van der Waals surface area contributed by atoms with Crippen LogP contribution in [0.1, 0.15) is 24.8 Å². The van der Waals surface area contributed by atoms with Crippen molar-refractivity contribution >= 4 is 17.3 Å². The third kappa shape index (κ3) is 2.75.